The van der Waals surface area contributed by atoms with Crippen molar-refractivity contribution in [2.75, 3.05) is 25.4 Å². The van der Waals surface area contributed by atoms with Gasteiger partial charge in [0.2, 0.25) is 0 Å². The molecule has 2 atom stereocenters. The van der Waals surface area contributed by atoms with E-state index in [9.17, 15) is 0 Å². The highest BCUT2D eigenvalue weighted by atomic mass is 32.1. The first-order chi connectivity index (χ1) is 6.28. The third kappa shape index (κ3) is 1.89. The molecule has 0 aromatic rings. The third-order valence-corrected chi connectivity index (χ3v) is 4.54. The van der Waals surface area contributed by atoms with Crippen LogP contribution in [0, 0.1) is 11.3 Å². The minimum Gasteiger partial charge on any atom is -0.303 e. The van der Waals surface area contributed by atoms with E-state index < -0.39 is 0 Å². The molecule has 0 N–H and O–H groups in total. The monoisotopic (exact) mass is 199 g/mol. The molecule has 2 fully saturated rings. The molecule has 13 heavy (non-hydrogen) atoms. The Bertz CT molecular complexity index is 161. The number of hydrogen-bond acceptors (Lipinski definition) is 2. The van der Waals surface area contributed by atoms with Gasteiger partial charge in [-0.2, -0.15) is 12.6 Å². The van der Waals surface area contributed by atoms with Crippen LogP contribution in [0.2, 0.25) is 0 Å². The summed E-state index contributed by atoms with van der Waals surface area (Å²) in [7, 11) is 0. The number of nitrogens with zero attached hydrogens (tertiary/aromatic N) is 1. The Hall–Kier alpha value is 0.310. The number of rotatable bonds is 2. The maximum absolute atomic E-state index is 4.42. The van der Waals surface area contributed by atoms with Crippen LogP contribution in [-0.2, 0) is 0 Å². The highest BCUT2D eigenvalue weighted by molar-refractivity contribution is 7.80. The van der Waals surface area contributed by atoms with Crippen molar-refractivity contribution in [2.24, 2.45) is 11.3 Å². The summed E-state index contributed by atoms with van der Waals surface area (Å²) < 4.78 is 0. The highest BCUT2D eigenvalue weighted by Gasteiger charge is 2.42. The van der Waals surface area contributed by atoms with Gasteiger partial charge in [0.05, 0.1) is 0 Å². The van der Waals surface area contributed by atoms with Gasteiger partial charge in [-0.15, -0.1) is 0 Å². The summed E-state index contributed by atoms with van der Waals surface area (Å²) in [6.45, 7) is 6.24. The first-order valence-electron chi connectivity index (χ1n) is 5.61. The summed E-state index contributed by atoms with van der Waals surface area (Å²) in [6.07, 6.45) is 5.80. The van der Waals surface area contributed by atoms with Crippen LogP contribution >= 0.6 is 12.6 Å². The number of hydrogen-bond donors (Lipinski definition) is 1. The molecule has 0 bridgehead atoms. The van der Waals surface area contributed by atoms with Crippen molar-refractivity contribution in [2.45, 2.75) is 32.6 Å². The van der Waals surface area contributed by atoms with Gasteiger partial charge in [0.15, 0.2) is 0 Å². The van der Waals surface area contributed by atoms with Gasteiger partial charge in [-0.1, -0.05) is 6.92 Å². The zero-order valence-electron chi connectivity index (χ0n) is 8.63. The average molecular weight is 199 g/mol. The number of likely N-dealkylation sites (tertiary alicyclic amines) is 1. The Labute approximate surface area is 87.3 Å². The van der Waals surface area contributed by atoms with Gasteiger partial charge in [0.1, 0.15) is 0 Å². The molecule has 1 spiro atoms. The summed E-state index contributed by atoms with van der Waals surface area (Å²) >= 11 is 4.42. The molecule has 2 rings (SSSR count). The molecular weight excluding hydrogens is 178 g/mol. The first kappa shape index (κ1) is 9.85. The SMILES string of the molecule is CCN1CC[C@]2(CC[C@H](CS)C2)C1. The van der Waals surface area contributed by atoms with Gasteiger partial charge in [-0.05, 0) is 55.9 Å². The molecule has 1 aliphatic heterocycles. The molecule has 0 aromatic heterocycles. The zero-order valence-corrected chi connectivity index (χ0v) is 9.52. The van der Waals surface area contributed by atoms with Crippen molar-refractivity contribution in [3.05, 3.63) is 0 Å². The molecule has 1 saturated carbocycles. The Morgan fingerprint density at radius 1 is 1.46 bits per heavy atom. The van der Waals surface area contributed by atoms with Crippen LogP contribution in [0.4, 0.5) is 0 Å². The second-order valence-corrected chi connectivity index (χ2v) is 5.28. The molecule has 1 saturated heterocycles. The highest BCUT2D eigenvalue weighted by Crippen LogP contribution is 2.48. The summed E-state index contributed by atoms with van der Waals surface area (Å²) in [5.74, 6) is 2.02. The predicted molar refractivity (Wildman–Crippen MR) is 60.4 cm³/mol. The summed E-state index contributed by atoms with van der Waals surface area (Å²) in [5, 5.41) is 0. The molecule has 1 aliphatic carbocycles. The van der Waals surface area contributed by atoms with Crippen molar-refractivity contribution < 1.29 is 0 Å². The van der Waals surface area contributed by atoms with E-state index in [-0.39, 0.29) is 0 Å². The van der Waals surface area contributed by atoms with E-state index in [1.54, 1.807) is 0 Å². The molecule has 1 heterocycles. The van der Waals surface area contributed by atoms with Crippen LogP contribution in [0.5, 0.6) is 0 Å². The van der Waals surface area contributed by atoms with Crippen LogP contribution in [0.3, 0.4) is 0 Å². The lowest BCUT2D eigenvalue weighted by atomic mass is 9.85. The van der Waals surface area contributed by atoms with E-state index >= 15 is 0 Å². The zero-order chi connectivity index (χ0) is 9.31. The van der Waals surface area contributed by atoms with E-state index in [4.69, 9.17) is 0 Å². The van der Waals surface area contributed by atoms with Crippen LogP contribution in [0.25, 0.3) is 0 Å². The fourth-order valence-corrected chi connectivity index (χ4v) is 3.46. The van der Waals surface area contributed by atoms with Gasteiger partial charge < -0.3 is 4.90 Å². The lowest BCUT2D eigenvalue weighted by Crippen LogP contribution is -2.25. The van der Waals surface area contributed by atoms with E-state index in [2.05, 4.69) is 24.5 Å². The molecule has 0 unspecified atom stereocenters. The molecule has 2 heteroatoms. The molecule has 0 radical (unpaired) electrons. The molecule has 2 aliphatic rings. The first-order valence-corrected chi connectivity index (χ1v) is 6.24. The van der Waals surface area contributed by atoms with Crippen molar-refractivity contribution in [1.82, 2.24) is 4.90 Å². The van der Waals surface area contributed by atoms with Crippen molar-refractivity contribution in [3.63, 3.8) is 0 Å². The van der Waals surface area contributed by atoms with E-state index in [1.165, 1.54) is 45.3 Å². The fraction of sp³-hybridized carbons (Fsp3) is 1.00. The second kappa shape index (κ2) is 3.82. The topological polar surface area (TPSA) is 3.24 Å². The van der Waals surface area contributed by atoms with Gasteiger partial charge in [-0.3, -0.25) is 0 Å². The van der Waals surface area contributed by atoms with Gasteiger partial charge in [-0.25, -0.2) is 0 Å². The summed E-state index contributed by atoms with van der Waals surface area (Å²) in [5.41, 5.74) is 0.712. The lowest BCUT2D eigenvalue weighted by molar-refractivity contribution is 0.263. The molecule has 0 amide bonds. The largest absolute Gasteiger partial charge is 0.303 e. The average Bonchev–Trinajstić information content (AvgIpc) is 2.74. The van der Waals surface area contributed by atoms with Crippen molar-refractivity contribution in [1.29, 1.82) is 0 Å². The van der Waals surface area contributed by atoms with Crippen LogP contribution < -0.4 is 0 Å². The Morgan fingerprint density at radius 2 is 2.31 bits per heavy atom. The third-order valence-electron chi connectivity index (χ3n) is 4.03. The maximum Gasteiger partial charge on any atom is 0.00384 e. The Kier molecular flexibility index (Phi) is 2.89. The van der Waals surface area contributed by atoms with Crippen LogP contribution in [0.15, 0.2) is 0 Å². The standard InChI is InChI=1S/C11H21NS/c1-2-12-6-5-11(9-12)4-3-10(7-11)8-13/h10,13H,2-9H2,1H3/t10-,11-/m0/s1. The smallest absolute Gasteiger partial charge is 0.00384 e. The summed E-state index contributed by atoms with van der Waals surface area (Å²) in [4.78, 5) is 2.61. The van der Waals surface area contributed by atoms with E-state index in [1.807, 2.05) is 0 Å². The van der Waals surface area contributed by atoms with Gasteiger partial charge in [0.25, 0.3) is 0 Å². The quantitative estimate of drug-likeness (QED) is 0.669. The van der Waals surface area contributed by atoms with E-state index in [0.29, 0.717) is 5.41 Å². The van der Waals surface area contributed by atoms with Crippen LogP contribution in [-0.4, -0.2) is 30.3 Å². The van der Waals surface area contributed by atoms with Crippen molar-refractivity contribution >= 4 is 12.6 Å². The number of thiol groups is 1. The van der Waals surface area contributed by atoms with Crippen molar-refractivity contribution in [3.8, 4) is 0 Å². The Balaban J connectivity index is 1.93. The Morgan fingerprint density at radius 3 is 2.85 bits per heavy atom. The predicted octanol–water partition coefficient (Wildman–Crippen LogP) is 2.43. The molecule has 1 nitrogen and oxygen atoms in total. The lowest BCUT2D eigenvalue weighted by Gasteiger charge is -2.23. The van der Waals surface area contributed by atoms with Crippen LogP contribution in [0.1, 0.15) is 32.6 Å². The van der Waals surface area contributed by atoms with Gasteiger partial charge >= 0.3 is 0 Å². The van der Waals surface area contributed by atoms with E-state index in [0.717, 1.165) is 11.7 Å². The molecule has 0 aromatic carbocycles. The maximum atomic E-state index is 4.42. The molecular formula is C11H21NS. The fourth-order valence-electron chi connectivity index (χ4n) is 3.15. The second-order valence-electron chi connectivity index (χ2n) is 4.91. The van der Waals surface area contributed by atoms with Gasteiger partial charge in [0, 0.05) is 6.54 Å². The summed E-state index contributed by atoms with van der Waals surface area (Å²) in [6, 6.07) is 0. The minimum atomic E-state index is 0.712. The molecule has 76 valence electrons. The minimum absolute atomic E-state index is 0.712. The normalized spacial score (nSPS) is 40.6.